The number of ether oxygens (including phenoxy) is 8. The van der Waals surface area contributed by atoms with E-state index in [-0.39, 0.29) is 50.9 Å². The molecule has 3 aromatic rings. The zero-order valence-corrected chi connectivity index (χ0v) is 35.7. The van der Waals surface area contributed by atoms with E-state index in [4.69, 9.17) is 57.2 Å². The first-order chi connectivity index (χ1) is 28.2. The lowest BCUT2D eigenvalue weighted by atomic mass is 10.1. The molecule has 0 aromatic carbocycles. The van der Waals surface area contributed by atoms with Gasteiger partial charge in [-0.25, -0.2) is 33.9 Å². The molecule has 2 aliphatic heterocycles. The molecule has 9 atom stereocenters. The summed E-state index contributed by atoms with van der Waals surface area (Å²) in [5.41, 5.74) is 5.04. The van der Waals surface area contributed by atoms with E-state index < -0.39 is 92.0 Å². The largest absolute Gasteiger partial charge is 0.509 e. The third-order valence-electron chi connectivity index (χ3n) is 8.04. The Morgan fingerprint density at radius 3 is 2.44 bits per heavy atom. The number of anilines is 1. The molecule has 0 saturated carbocycles. The van der Waals surface area contributed by atoms with E-state index in [0.29, 0.717) is 17.0 Å². The maximum atomic E-state index is 14.7. The van der Waals surface area contributed by atoms with Crippen LogP contribution in [0.25, 0.3) is 11.2 Å². The van der Waals surface area contributed by atoms with Crippen LogP contribution in [0, 0.1) is 0 Å². The number of aromatic amines is 1. The normalized spacial score (nSPS) is 24.2. The van der Waals surface area contributed by atoms with Crippen LogP contribution in [0.5, 0.6) is 0 Å². The van der Waals surface area contributed by atoms with Crippen LogP contribution in [0.4, 0.5) is 15.4 Å². The number of nitrogens with one attached hydrogen (secondary N) is 1. The van der Waals surface area contributed by atoms with Gasteiger partial charge in [-0.1, -0.05) is 11.4 Å². The van der Waals surface area contributed by atoms with Crippen molar-refractivity contribution in [3.8, 4) is 0 Å². The SMILES string of the molecule is CO[C@@H]1[C@H](OP(=O)(OC[C@@H]2C[C@@H](OC=O)[C@H](n3cnc4c(N)ncnc43)O2)SCOC(=O)OC(C)C)[C@@H](COPSCOC(=O)OC(C)C)O[C@H]1n1ccc(=O)[nH]c1=O. The second kappa shape index (κ2) is 21.6. The fourth-order valence-corrected chi connectivity index (χ4v) is 9.77. The lowest BCUT2D eigenvalue weighted by molar-refractivity contribution is -0.139. The molecule has 0 aliphatic carbocycles. The fraction of sp³-hybridized carbons (Fsp3) is 0.613. The number of hydrogen-bond donors (Lipinski definition) is 2. The van der Waals surface area contributed by atoms with Gasteiger partial charge in [-0.2, -0.15) is 0 Å². The number of aromatic nitrogens is 6. The number of methoxy groups -OCH3 is 1. The number of carbonyl (C=O) groups excluding carboxylic acids is 3. The van der Waals surface area contributed by atoms with E-state index in [1.165, 1.54) is 30.5 Å². The van der Waals surface area contributed by atoms with Crippen molar-refractivity contribution >= 4 is 73.3 Å². The van der Waals surface area contributed by atoms with Crippen LogP contribution in [0.2, 0.25) is 0 Å². The number of imidazole rings is 1. The highest BCUT2D eigenvalue weighted by Gasteiger charge is 2.51. The van der Waals surface area contributed by atoms with E-state index in [1.807, 2.05) is 0 Å². The Morgan fingerprint density at radius 1 is 1.03 bits per heavy atom. The maximum absolute atomic E-state index is 14.7. The summed E-state index contributed by atoms with van der Waals surface area (Å²) in [6.07, 6.45) is -6.42. The second-order valence-electron chi connectivity index (χ2n) is 12.9. The number of nitrogens with zero attached hydrogens (tertiary/aromatic N) is 5. The smallest absolute Gasteiger partial charge is 0.460 e. The zero-order chi connectivity index (χ0) is 42.7. The summed E-state index contributed by atoms with van der Waals surface area (Å²) in [5, 5.41) is 0. The quantitative estimate of drug-likeness (QED) is 0.0387. The molecule has 2 saturated heterocycles. The summed E-state index contributed by atoms with van der Waals surface area (Å²) in [4.78, 5) is 74.8. The summed E-state index contributed by atoms with van der Waals surface area (Å²) < 4.78 is 78.8. The van der Waals surface area contributed by atoms with Gasteiger partial charge in [-0.3, -0.25) is 32.8 Å². The molecule has 59 heavy (non-hydrogen) atoms. The van der Waals surface area contributed by atoms with Crippen molar-refractivity contribution in [3.63, 3.8) is 0 Å². The fourth-order valence-electron chi connectivity index (χ4n) is 5.66. The van der Waals surface area contributed by atoms with Gasteiger partial charge >= 0.3 is 24.8 Å². The molecule has 326 valence electrons. The molecule has 0 radical (unpaired) electrons. The average molecular weight is 912 g/mol. The highest BCUT2D eigenvalue weighted by Crippen LogP contribution is 2.63. The Balaban J connectivity index is 1.36. The summed E-state index contributed by atoms with van der Waals surface area (Å²) in [6.45, 7) is 1.72. The van der Waals surface area contributed by atoms with Gasteiger partial charge in [0.25, 0.3) is 12.0 Å². The third-order valence-corrected chi connectivity index (χ3v) is 13.1. The van der Waals surface area contributed by atoms with E-state index in [1.54, 1.807) is 27.7 Å². The van der Waals surface area contributed by atoms with Gasteiger partial charge in [-0.15, -0.1) is 0 Å². The molecule has 2 aliphatic rings. The molecule has 0 spiro atoms. The Morgan fingerprint density at radius 2 is 1.76 bits per heavy atom. The van der Waals surface area contributed by atoms with Crippen LogP contribution < -0.4 is 17.0 Å². The van der Waals surface area contributed by atoms with Crippen molar-refractivity contribution in [2.45, 2.75) is 89.3 Å². The molecule has 2 unspecified atom stereocenters. The molecule has 24 nitrogen and oxygen atoms in total. The summed E-state index contributed by atoms with van der Waals surface area (Å²) in [7, 11) is 0.992. The Hall–Kier alpha value is -3.84. The molecule has 3 aromatic heterocycles. The predicted octanol–water partition coefficient (Wildman–Crippen LogP) is 3.24. The number of fused-ring (bicyclic) bond motifs is 1. The first-order valence-corrected chi connectivity index (χ1v) is 23.4. The molecular formula is C31H43N7O17P2S2. The number of H-pyrrole nitrogens is 1. The van der Waals surface area contributed by atoms with Gasteiger partial charge in [0.15, 0.2) is 29.9 Å². The van der Waals surface area contributed by atoms with Crippen LogP contribution in [-0.2, 0) is 60.8 Å². The number of nitrogens with two attached hydrogens (primary N) is 1. The minimum absolute atomic E-state index is 0.0595. The highest BCUT2D eigenvalue weighted by atomic mass is 32.7. The summed E-state index contributed by atoms with van der Waals surface area (Å²) in [5.74, 6) is -0.540. The molecule has 0 amide bonds. The van der Waals surface area contributed by atoms with E-state index >= 15 is 0 Å². The number of hydrogen-bond acceptors (Lipinski definition) is 23. The lowest BCUT2D eigenvalue weighted by Crippen LogP contribution is -2.39. The van der Waals surface area contributed by atoms with E-state index in [9.17, 15) is 28.5 Å². The van der Waals surface area contributed by atoms with Crippen LogP contribution in [0.15, 0.2) is 34.5 Å². The lowest BCUT2D eigenvalue weighted by Gasteiger charge is -2.28. The number of nitrogen functional groups attached to an aromatic ring is 1. The van der Waals surface area contributed by atoms with Crippen molar-refractivity contribution in [1.82, 2.24) is 29.1 Å². The second-order valence-corrected chi connectivity index (χ2v) is 19.2. The molecule has 5 rings (SSSR count). The Kier molecular flexibility index (Phi) is 16.9. The first-order valence-electron chi connectivity index (χ1n) is 17.6. The monoisotopic (exact) mass is 911 g/mol. The molecule has 5 heterocycles. The minimum atomic E-state index is -4.47. The zero-order valence-electron chi connectivity index (χ0n) is 32.1. The Labute approximate surface area is 345 Å². The van der Waals surface area contributed by atoms with Crippen LogP contribution >= 0.6 is 37.6 Å². The predicted molar refractivity (Wildman–Crippen MR) is 208 cm³/mol. The van der Waals surface area contributed by atoms with Gasteiger partial charge in [0, 0.05) is 37.2 Å². The molecular weight excluding hydrogens is 868 g/mol. The van der Waals surface area contributed by atoms with Crippen molar-refractivity contribution in [2.75, 3.05) is 37.9 Å². The minimum Gasteiger partial charge on any atom is -0.460 e. The standard InChI is InChI=1S/C31H43N7O17P2S2/c1-16(2)51-30(42)47-14-58-56-49-10-20-23(24(45-5)28(54-20)37-7-6-21(40)36-29(37)41)55-57(44,59-15-48-31(43)52-17(3)4)50-9-18-8-19(46-13-39)27(53-18)38-12-35-22-25(32)33-11-34-26(22)38/h6-7,11-13,16-20,23-24,27-28,56H,8-10,14-15H2,1-5H3,(H2,32,33,34)(H,36,40,41)/t18-,19+,20+,23+,24+,27+,28+,57?/m0/s1. The van der Waals surface area contributed by atoms with Crippen LogP contribution in [0.1, 0.15) is 46.6 Å². The van der Waals surface area contributed by atoms with E-state index in [2.05, 4.69) is 19.9 Å². The third kappa shape index (κ3) is 12.6. The van der Waals surface area contributed by atoms with E-state index in [0.717, 1.165) is 22.0 Å². The average Bonchev–Trinajstić information content (AvgIpc) is 3.87. The topological polar surface area (TPSA) is 294 Å². The Bertz CT molecular complexity index is 2060. The van der Waals surface area contributed by atoms with Gasteiger partial charge in [0.2, 0.25) is 0 Å². The van der Waals surface area contributed by atoms with Gasteiger partial charge < -0.3 is 48.2 Å². The summed E-state index contributed by atoms with van der Waals surface area (Å²) >= 11 is 1.60. The summed E-state index contributed by atoms with van der Waals surface area (Å²) in [6, 6.07) is 1.10. The first kappa shape index (κ1) is 46.2. The van der Waals surface area contributed by atoms with Crippen LogP contribution in [-0.4, -0.2) is 123 Å². The highest BCUT2D eigenvalue weighted by molar-refractivity contribution is 8.55. The van der Waals surface area contributed by atoms with Gasteiger partial charge in [-0.05, 0) is 27.7 Å². The van der Waals surface area contributed by atoms with Gasteiger partial charge in [0.05, 0.1) is 45.9 Å². The van der Waals surface area contributed by atoms with Crippen molar-refractivity contribution in [3.05, 3.63) is 45.8 Å². The van der Waals surface area contributed by atoms with Crippen molar-refractivity contribution < 1.29 is 70.4 Å². The number of carbonyl (C=O) groups is 3. The van der Waals surface area contributed by atoms with Crippen molar-refractivity contribution in [2.24, 2.45) is 0 Å². The van der Waals surface area contributed by atoms with Crippen molar-refractivity contribution in [1.29, 1.82) is 0 Å². The van der Waals surface area contributed by atoms with Crippen LogP contribution in [0.3, 0.4) is 0 Å². The maximum Gasteiger partial charge on any atom is 0.509 e. The van der Waals surface area contributed by atoms with Gasteiger partial charge in [0.1, 0.15) is 42.2 Å². The molecule has 2 fully saturated rings. The molecule has 3 N–H and O–H groups in total. The molecule has 28 heteroatoms. The number of rotatable bonds is 21. The molecule has 0 bridgehead atoms.